The summed E-state index contributed by atoms with van der Waals surface area (Å²) in [5.74, 6) is -0.979. The summed E-state index contributed by atoms with van der Waals surface area (Å²) >= 11 is 4.64. The predicted molar refractivity (Wildman–Crippen MR) is 58.7 cm³/mol. The molecule has 0 aliphatic carbocycles. The van der Waals surface area contributed by atoms with Crippen molar-refractivity contribution in [2.45, 2.75) is 0 Å². The number of alkyl halides is 1. The Bertz CT molecular complexity index is 272. The lowest BCUT2D eigenvalue weighted by atomic mass is 10.3. The van der Waals surface area contributed by atoms with Crippen molar-refractivity contribution in [3.8, 4) is 11.5 Å². The molecule has 0 aliphatic rings. The van der Waals surface area contributed by atoms with Gasteiger partial charge in [0.15, 0.2) is 11.5 Å². The van der Waals surface area contributed by atoms with Crippen LogP contribution in [-0.2, 0) is 0 Å². The van der Waals surface area contributed by atoms with E-state index in [0.29, 0.717) is 0 Å². The van der Waals surface area contributed by atoms with E-state index in [2.05, 4.69) is 11.6 Å². The maximum Gasteiger partial charge on any atom is 0.186 e. The molecular weight excluding hydrogens is 229 g/mol. The van der Waals surface area contributed by atoms with Crippen LogP contribution in [0.15, 0.2) is 18.2 Å². The zero-order valence-electron chi connectivity index (χ0n) is 7.55. The summed E-state index contributed by atoms with van der Waals surface area (Å²) in [6.45, 7) is 0. The molecule has 0 heterocycles. The normalized spacial score (nSPS) is 8.00. The summed E-state index contributed by atoms with van der Waals surface area (Å²) < 4.78 is 0. The molecule has 1 rings (SSSR count). The first kappa shape index (κ1) is 15.7. The number of para-hydroxylation sites is 1. The van der Waals surface area contributed by atoms with Crippen LogP contribution in [0, 0.1) is 0 Å². The maximum absolute atomic E-state index is 8.96. The van der Waals surface area contributed by atoms with Gasteiger partial charge in [-0.25, -0.2) is 0 Å². The van der Waals surface area contributed by atoms with E-state index in [-0.39, 0.29) is 20.8 Å². The van der Waals surface area contributed by atoms with Gasteiger partial charge in [-0.3, -0.25) is 10.4 Å². The van der Waals surface area contributed by atoms with E-state index >= 15 is 0 Å². The van der Waals surface area contributed by atoms with Gasteiger partial charge in [0.1, 0.15) is 5.69 Å². The predicted octanol–water partition coefficient (Wildman–Crippen LogP) is 1.60. The summed E-state index contributed by atoms with van der Waals surface area (Å²) in [6.07, 6.45) is 1.47. The molecule has 82 valence electrons. The van der Waals surface area contributed by atoms with Crippen LogP contribution in [0.1, 0.15) is 0 Å². The van der Waals surface area contributed by atoms with E-state index < -0.39 is 11.5 Å². The van der Waals surface area contributed by atoms with E-state index in [4.69, 9.17) is 20.6 Å². The molecule has 0 aliphatic heterocycles. The highest BCUT2D eigenvalue weighted by atomic mass is 35.5. The molecule has 1 aromatic carbocycles. The smallest absolute Gasteiger partial charge is 0.186 e. The second kappa shape index (κ2) is 7.64. The maximum atomic E-state index is 8.96. The number of nitrogens with zero attached hydrogens (tertiary/aromatic N) is 1. The number of benzene rings is 1. The number of anilines is 1. The van der Waals surface area contributed by atoms with Gasteiger partial charge in [0, 0.05) is 6.38 Å². The minimum absolute atomic E-state index is 0. The SMILES string of the molecule is CCl.Oc1cccc(N(O)O)c1O.P. The van der Waals surface area contributed by atoms with Crippen LogP contribution in [0.3, 0.4) is 0 Å². The fourth-order valence-corrected chi connectivity index (χ4v) is 0.681. The van der Waals surface area contributed by atoms with Gasteiger partial charge in [0.2, 0.25) is 0 Å². The van der Waals surface area contributed by atoms with Crippen molar-refractivity contribution in [3.05, 3.63) is 18.2 Å². The lowest BCUT2D eigenvalue weighted by molar-refractivity contribution is 0.0278. The Labute approximate surface area is 89.7 Å². The van der Waals surface area contributed by atoms with Crippen LogP contribution in [0.25, 0.3) is 0 Å². The van der Waals surface area contributed by atoms with Crippen molar-refractivity contribution < 1.29 is 20.6 Å². The summed E-state index contributed by atoms with van der Waals surface area (Å²) in [5, 5.41) is 34.4. The second-order valence-electron chi connectivity index (χ2n) is 1.93. The minimum Gasteiger partial charge on any atom is -0.504 e. The van der Waals surface area contributed by atoms with E-state index in [1.165, 1.54) is 24.6 Å². The molecule has 4 N–H and O–H groups in total. The molecular formula is C7H13ClNO4P. The van der Waals surface area contributed by atoms with Crippen LogP contribution < -0.4 is 5.23 Å². The number of phenolic OH excluding ortho intramolecular Hbond substituents is 2. The standard InChI is InChI=1S/C6H7NO4.CH3Cl.H3P/c8-5-3-1-2-4(6(5)9)7(10)11;1-2;/h1-3,8-11H;1H3;1H3. The van der Waals surface area contributed by atoms with Gasteiger partial charge >= 0.3 is 0 Å². The van der Waals surface area contributed by atoms with Gasteiger partial charge in [-0.1, -0.05) is 6.07 Å². The third-order valence-electron chi connectivity index (χ3n) is 1.21. The lowest BCUT2D eigenvalue weighted by Crippen LogP contribution is -2.10. The fourth-order valence-electron chi connectivity index (χ4n) is 0.681. The molecule has 0 saturated carbocycles. The highest BCUT2D eigenvalue weighted by molar-refractivity contribution is 6.92. The van der Waals surface area contributed by atoms with E-state index in [9.17, 15) is 0 Å². The Morgan fingerprint density at radius 1 is 1.14 bits per heavy atom. The quantitative estimate of drug-likeness (QED) is 0.260. The zero-order chi connectivity index (χ0) is 10.4. The highest BCUT2D eigenvalue weighted by Crippen LogP contribution is 2.33. The fraction of sp³-hybridized carbons (Fsp3) is 0.143. The Hall–Kier alpha value is -0.740. The summed E-state index contributed by atoms with van der Waals surface area (Å²) in [5.41, 5.74) is -0.273. The van der Waals surface area contributed by atoms with E-state index in [1.807, 2.05) is 0 Å². The first-order chi connectivity index (χ1) is 6.13. The molecule has 0 amide bonds. The number of hydrogen-bond donors (Lipinski definition) is 4. The van der Waals surface area contributed by atoms with Crippen molar-refractivity contribution >= 4 is 27.2 Å². The molecule has 1 atom stereocenters. The molecule has 0 bridgehead atoms. The molecule has 1 aromatic rings. The van der Waals surface area contributed by atoms with Gasteiger partial charge in [-0.2, -0.15) is 9.90 Å². The van der Waals surface area contributed by atoms with Crippen molar-refractivity contribution in [1.82, 2.24) is 0 Å². The number of halogens is 1. The van der Waals surface area contributed by atoms with E-state index in [1.54, 1.807) is 0 Å². The average molecular weight is 242 g/mol. The number of rotatable bonds is 1. The Morgan fingerprint density at radius 2 is 1.64 bits per heavy atom. The van der Waals surface area contributed by atoms with E-state index in [0.717, 1.165) is 0 Å². The number of hydrogen-bond acceptors (Lipinski definition) is 5. The molecule has 0 aromatic heterocycles. The van der Waals surface area contributed by atoms with Crippen LogP contribution >= 0.6 is 21.5 Å². The summed E-state index contributed by atoms with van der Waals surface area (Å²) in [6, 6.07) is 3.82. The Kier molecular flexibility index (Phi) is 8.58. The molecule has 14 heavy (non-hydrogen) atoms. The topological polar surface area (TPSA) is 84.2 Å². The minimum atomic E-state index is -0.572. The van der Waals surface area contributed by atoms with Crippen LogP contribution in [0.2, 0.25) is 0 Å². The first-order valence-corrected chi connectivity index (χ1v) is 3.95. The third-order valence-corrected chi connectivity index (χ3v) is 1.21. The average Bonchev–Trinajstić information content (AvgIpc) is 2.13. The monoisotopic (exact) mass is 241 g/mol. The largest absolute Gasteiger partial charge is 0.504 e. The van der Waals surface area contributed by atoms with Gasteiger partial charge in [0.05, 0.1) is 0 Å². The van der Waals surface area contributed by atoms with Crippen molar-refractivity contribution in [1.29, 1.82) is 0 Å². The number of phenols is 2. The molecule has 7 heteroatoms. The molecule has 0 radical (unpaired) electrons. The van der Waals surface area contributed by atoms with Crippen LogP contribution in [-0.4, -0.2) is 27.0 Å². The van der Waals surface area contributed by atoms with Gasteiger partial charge in [-0.05, 0) is 12.1 Å². The van der Waals surface area contributed by atoms with Crippen molar-refractivity contribution in [2.24, 2.45) is 0 Å². The second-order valence-corrected chi connectivity index (χ2v) is 1.93. The van der Waals surface area contributed by atoms with Gasteiger partial charge < -0.3 is 10.2 Å². The molecule has 0 spiro atoms. The Balaban J connectivity index is 0. The number of aromatic hydroxyl groups is 2. The zero-order valence-corrected chi connectivity index (χ0v) is 9.72. The van der Waals surface area contributed by atoms with Gasteiger partial charge in [-0.15, -0.1) is 16.8 Å². The molecule has 0 saturated heterocycles. The lowest BCUT2D eigenvalue weighted by Gasteiger charge is -2.09. The summed E-state index contributed by atoms with van der Waals surface area (Å²) in [4.78, 5) is 0. The van der Waals surface area contributed by atoms with Crippen molar-refractivity contribution in [3.63, 3.8) is 0 Å². The van der Waals surface area contributed by atoms with Gasteiger partial charge in [0.25, 0.3) is 0 Å². The Morgan fingerprint density at radius 3 is 2.00 bits per heavy atom. The summed E-state index contributed by atoms with van der Waals surface area (Å²) in [7, 11) is 0. The molecule has 0 fully saturated rings. The first-order valence-electron chi connectivity index (χ1n) is 3.19. The molecule has 1 unspecified atom stereocenters. The van der Waals surface area contributed by atoms with Crippen LogP contribution in [0.5, 0.6) is 11.5 Å². The van der Waals surface area contributed by atoms with Crippen LogP contribution in [0.4, 0.5) is 5.69 Å². The highest BCUT2D eigenvalue weighted by Gasteiger charge is 2.08. The third kappa shape index (κ3) is 3.98. The van der Waals surface area contributed by atoms with Crippen molar-refractivity contribution in [2.75, 3.05) is 11.6 Å². The molecule has 5 nitrogen and oxygen atoms in total.